The molecular weight excluding hydrogens is 424 g/mol. The summed E-state index contributed by atoms with van der Waals surface area (Å²) in [6, 6.07) is 5.74. The number of sulfonamides is 1. The van der Waals surface area contributed by atoms with Crippen molar-refractivity contribution in [3.05, 3.63) is 39.9 Å². The van der Waals surface area contributed by atoms with Crippen molar-refractivity contribution in [2.45, 2.75) is 24.7 Å². The number of primary amides is 1. The van der Waals surface area contributed by atoms with E-state index in [4.69, 9.17) is 17.3 Å². The van der Waals surface area contributed by atoms with Gasteiger partial charge in [0.05, 0.1) is 10.6 Å². The number of thiazole rings is 1. The van der Waals surface area contributed by atoms with Gasteiger partial charge in [0, 0.05) is 24.0 Å². The maximum atomic E-state index is 12.8. The summed E-state index contributed by atoms with van der Waals surface area (Å²) in [7, 11) is -3.84. The summed E-state index contributed by atoms with van der Waals surface area (Å²) in [6.07, 6.45) is 1.05. The average molecular weight is 443 g/mol. The molecule has 1 saturated heterocycles. The highest BCUT2D eigenvalue weighted by atomic mass is 35.5. The van der Waals surface area contributed by atoms with Crippen molar-refractivity contribution in [1.82, 2.24) is 9.88 Å². The Bertz CT molecular complexity index is 997. The van der Waals surface area contributed by atoms with Gasteiger partial charge >= 0.3 is 0 Å². The Balaban J connectivity index is 1.73. The lowest BCUT2D eigenvalue weighted by Gasteiger charge is -2.30. The Morgan fingerprint density at radius 3 is 2.43 bits per heavy atom. The molecule has 0 spiro atoms. The number of hydrogen-bond acceptors (Lipinski definition) is 6. The van der Waals surface area contributed by atoms with E-state index in [-0.39, 0.29) is 27.8 Å². The Labute approximate surface area is 171 Å². The molecule has 1 fully saturated rings. The van der Waals surface area contributed by atoms with Crippen molar-refractivity contribution < 1.29 is 18.0 Å². The number of piperidine rings is 1. The summed E-state index contributed by atoms with van der Waals surface area (Å²) < 4.78 is 27.4. The number of aromatic nitrogens is 1. The molecule has 3 N–H and O–H groups in total. The summed E-state index contributed by atoms with van der Waals surface area (Å²) in [4.78, 5) is 30.3. The highest BCUT2D eigenvalue weighted by Gasteiger charge is 2.29. The van der Waals surface area contributed by atoms with Crippen molar-refractivity contribution in [3.63, 3.8) is 0 Å². The minimum Gasteiger partial charge on any atom is -0.369 e. The molecule has 1 aromatic carbocycles. The van der Waals surface area contributed by atoms with Gasteiger partial charge in [-0.1, -0.05) is 22.9 Å². The predicted molar refractivity (Wildman–Crippen MR) is 107 cm³/mol. The molecule has 0 atom stereocenters. The lowest BCUT2D eigenvalue weighted by molar-refractivity contribution is -0.123. The van der Waals surface area contributed by atoms with Gasteiger partial charge in [-0.15, -0.1) is 0 Å². The topological polar surface area (TPSA) is 122 Å². The smallest absolute Gasteiger partial charge is 0.265 e. The fraction of sp³-hybridized carbons (Fsp3) is 0.353. The molecule has 8 nitrogen and oxygen atoms in total. The summed E-state index contributed by atoms with van der Waals surface area (Å²) >= 11 is 6.77. The van der Waals surface area contributed by atoms with Crippen molar-refractivity contribution in [2.24, 2.45) is 11.7 Å². The number of amides is 2. The molecule has 0 saturated carbocycles. The first kappa shape index (κ1) is 20.6. The van der Waals surface area contributed by atoms with Crippen LogP contribution in [-0.4, -0.2) is 43.2 Å². The molecule has 0 unspecified atom stereocenters. The molecule has 3 rings (SSSR count). The van der Waals surface area contributed by atoms with E-state index in [0.717, 1.165) is 11.3 Å². The highest BCUT2D eigenvalue weighted by Crippen LogP contribution is 2.28. The van der Waals surface area contributed by atoms with Crippen molar-refractivity contribution >= 4 is 49.9 Å². The molecule has 2 aromatic rings. The normalized spacial score (nSPS) is 15.4. The first-order valence-electron chi connectivity index (χ1n) is 8.52. The molecule has 1 aliphatic rings. The first-order chi connectivity index (χ1) is 13.2. The van der Waals surface area contributed by atoms with Gasteiger partial charge in [0.2, 0.25) is 5.91 Å². The second-order valence-corrected chi connectivity index (χ2v) is 9.58. The minimum atomic E-state index is -3.84. The molecule has 2 amide bonds. The zero-order valence-corrected chi connectivity index (χ0v) is 17.4. The quantitative estimate of drug-likeness (QED) is 0.735. The first-order valence-corrected chi connectivity index (χ1v) is 11.2. The van der Waals surface area contributed by atoms with Crippen LogP contribution < -0.4 is 10.5 Å². The van der Waals surface area contributed by atoms with E-state index in [0.29, 0.717) is 41.5 Å². The number of carbonyl (C=O) groups is 2. The number of anilines is 1. The van der Waals surface area contributed by atoms with Crippen LogP contribution in [0.4, 0.5) is 5.13 Å². The number of rotatable bonds is 5. The molecule has 11 heteroatoms. The molecule has 2 heterocycles. The molecule has 0 radical (unpaired) electrons. The zero-order chi connectivity index (χ0) is 20.5. The van der Waals surface area contributed by atoms with Crippen LogP contribution in [0.15, 0.2) is 29.2 Å². The van der Waals surface area contributed by atoms with Gasteiger partial charge in [-0.05, 0) is 44.0 Å². The van der Waals surface area contributed by atoms with Gasteiger partial charge in [0.25, 0.3) is 15.9 Å². The fourth-order valence-electron chi connectivity index (χ4n) is 2.94. The van der Waals surface area contributed by atoms with Crippen LogP contribution in [0, 0.1) is 12.8 Å². The van der Waals surface area contributed by atoms with E-state index < -0.39 is 10.0 Å². The minimum absolute atomic E-state index is 0.0474. The highest BCUT2D eigenvalue weighted by molar-refractivity contribution is 7.93. The van der Waals surface area contributed by atoms with E-state index in [1.165, 1.54) is 24.3 Å². The molecule has 150 valence electrons. The van der Waals surface area contributed by atoms with Crippen LogP contribution >= 0.6 is 22.9 Å². The van der Waals surface area contributed by atoms with E-state index in [1.807, 2.05) is 0 Å². The number of nitrogens with zero attached hydrogens (tertiary/aromatic N) is 2. The Morgan fingerprint density at radius 1 is 1.25 bits per heavy atom. The maximum absolute atomic E-state index is 12.8. The maximum Gasteiger partial charge on any atom is 0.265 e. The molecular formula is C17H19ClN4O4S2. The number of nitrogens with one attached hydrogen (secondary N) is 1. The lowest BCUT2D eigenvalue weighted by atomic mass is 9.96. The number of benzene rings is 1. The lowest BCUT2D eigenvalue weighted by Crippen LogP contribution is -2.41. The van der Waals surface area contributed by atoms with Crippen LogP contribution in [0.1, 0.15) is 28.2 Å². The van der Waals surface area contributed by atoms with E-state index in [1.54, 1.807) is 11.8 Å². The second kappa shape index (κ2) is 8.06. The van der Waals surface area contributed by atoms with Crippen LogP contribution in [-0.2, 0) is 14.8 Å². The van der Waals surface area contributed by atoms with Gasteiger partial charge in [0.15, 0.2) is 5.13 Å². The van der Waals surface area contributed by atoms with Gasteiger partial charge in [-0.2, -0.15) is 0 Å². The zero-order valence-electron chi connectivity index (χ0n) is 15.0. The van der Waals surface area contributed by atoms with Crippen LogP contribution in [0.2, 0.25) is 5.02 Å². The number of nitrogens with two attached hydrogens (primary N) is 1. The Hall–Kier alpha value is -2.17. The van der Waals surface area contributed by atoms with Gasteiger partial charge in [0.1, 0.15) is 4.88 Å². The number of likely N-dealkylation sites (tertiary alicyclic amines) is 1. The number of carbonyl (C=O) groups excluding carboxylic acids is 2. The van der Waals surface area contributed by atoms with Crippen LogP contribution in [0.5, 0.6) is 0 Å². The Morgan fingerprint density at radius 2 is 1.86 bits per heavy atom. The van der Waals surface area contributed by atoms with Gasteiger partial charge in [-0.25, -0.2) is 13.4 Å². The van der Waals surface area contributed by atoms with Gasteiger partial charge < -0.3 is 10.6 Å². The molecule has 0 aliphatic carbocycles. The van der Waals surface area contributed by atoms with Crippen molar-refractivity contribution in [2.75, 3.05) is 17.8 Å². The van der Waals surface area contributed by atoms with Gasteiger partial charge in [-0.3, -0.25) is 14.3 Å². The number of hydrogen-bond donors (Lipinski definition) is 2. The Kier molecular flexibility index (Phi) is 5.92. The molecule has 0 bridgehead atoms. The molecule has 28 heavy (non-hydrogen) atoms. The van der Waals surface area contributed by atoms with E-state index in [9.17, 15) is 18.0 Å². The van der Waals surface area contributed by atoms with Crippen LogP contribution in [0.3, 0.4) is 0 Å². The summed E-state index contributed by atoms with van der Waals surface area (Å²) in [5, 5.41) is 0.542. The van der Waals surface area contributed by atoms with E-state index >= 15 is 0 Å². The SMILES string of the molecule is Cc1nc(NS(=O)(=O)c2ccc(Cl)cc2)sc1C(=O)N1CCC(C(N)=O)CC1. The third-order valence-electron chi connectivity index (χ3n) is 4.52. The third kappa shape index (κ3) is 4.45. The van der Waals surface area contributed by atoms with Crippen molar-refractivity contribution in [3.8, 4) is 0 Å². The summed E-state index contributed by atoms with van der Waals surface area (Å²) in [6.45, 7) is 2.51. The monoisotopic (exact) mass is 442 g/mol. The third-order valence-corrected chi connectivity index (χ3v) is 7.32. The molecule has 1 aliphatic heterocycles. The standard InChI is InChI=1S/C17H19ClN4O4S2/c1-10-14(16(24)22-8-6-11(7-9-22)15(19)23)27-17(20-10)21-28(25,26)13-4-2-12(18)3-5-13/h2-5,11H,6-9H2,1H3,(H2,19,23)(H,20,21). The molecule has 1 aromatic heterocycles. The largest absolute Gasteiger partial charge is 0.369 e. The van der Waals surface area contributed by atoms with Crippen molar-refractivity contribution in [1.29, 1.82) is 0 Å². The summed E-state index contributed by atoms with van der Waals surface area (Å²) in [5.74, 6) is -0.789. The van der Waals surface area contributed by atoms with Crippen LogP contribution in [0.25, 0.3) is 0 Å². The average Bonchev–Trinajstić information content (AvgIpc) is 3.01. The second-order valence-electron chi connectivity index (χ2n) is 6.46. The summed E-state index contributed by atoms with van der Waals surface area (Å²) in [5.41, 5.74) is 5.76. The fourth-order valence-corrected chi connectivity index (χ4v) is 5.23. The predicted octanol–water partition coefficient (Wildman–Crippen LogP) is 2.24. The number of aryl methyl sites for hydroxylation is 1. The number of halogens is 1. The van der Waals surface area contributed by atoms with E-state index in [2.05, 4.69) is 9.71 Å².